The first-order chi connectivity index (χ1) is 15.6. The van der Waals surface area contributed by atoms with Crippen molar-refractivity contribution in [1.82, 2.24) is 24.1 Å². The molecular weight excluding hydrogens is 426 g/mol. The van der Waals surface area contributed by atoms with E-state index in [9.17, 15) is 9.90 Å². The molecule has 8 nitrogen and oxygen atoms in total. The van der Waals surface area contributed by atoms with Crippen LogP contribution in [-0.4, -0.2) is 49.4 Å². The summed E-state index contributed by atoms with van der Waals surface area (Å²) in [5, 5.41) is 15.2. The minimum atomic E-state index is -0.137. The van der Waals surface area contributed by atoms with Crippen molar-refractivity contribution in [2.45, 2.75) is 24.9 Å². The van der Waals surface area contributed by atoms with E-state index in [1.54, 1.807) is 13.2 Å². The number of rotatable bonds is 4. The van der Waals surface area contributed by atoms with E-state index in [1.165, 1.54) is 22.2 Å². The summed E-state index contributed by atoms with van der Waals surface area (Å²) in [5.41, 5.74) is 2.27. The summed E-state index contributed by atoms with van der Waals surface area (Å²) >= 11 is 1.46. The molecule has 0 amide bonds. The zero-order chi connectivity index (χ0) is 21.8. The van der Waals surface area contributed by atoms with Crippen molar-refractivity contribution in [3.05, 3.63) is 75.3 Å². The Balaban J connectivity index is 1.44. The SMILES string of the molecule is COc1ccc(C(c2sc3ncnn3c2O)N2CC3CC(C2)c2cccc(=O)n2C3)cc1. The average Bonchev–Trinajstić information content (AvgIpc) is 3.39. The Morgan fingerprint density at radius 2 is 2.00 bits per heavy atom. The summed E-state index contributed by atoms with van der Waals surface area (Å²) in [7, 11) is 1.66. The normalized spacial score (nSPS) is 21.4. The summed E-state index contributed by atoms with van der Waals surface area (Å²) in [6.07, 6.45) is 2.54. The maximum absolute atomic E-state index is 12.4. The van der Waals surface area contributed by atoms with Gasteiger partial charge in [0.05, 0.1) is 18.0 Å². The van der Waals surface area contributed by atoms with Crippen LogP contribution in [0.25, 0.3) is 4.96 Å². The number of methoxy groups -OCH3 is 1. The monoisotopic (exact) mass is 449 g/mol. The van der Waals surface area contributed by atoms with Crippen LogP contribution in [0.5, 0.6) is 11.6 Å². The Labute approximate surface area is 188 Å². The molecule has 3 aromatic heterocycles. The fraction of sp³-hybridized carbons (Fsp3) is 0.348. The second-order valence-electron chi connectivity index (χ2n) is 8.57. The predicted molar refractivity (Wildman–Crippen MR) is 120 cm³/mol. The Morgan fingerprint density at radius 1 is 1.16 bits per heavy atom. The highest BCUT2D eigenvalue weighted by atomic mass is 32.1. The van der Waals surface area contributed by atoms with Crippen molar-refractivity contribution in [1.29, 1.82) is 0 Å². The second kappa shape index (κ2) is 7.46. The number of fused-ring (bicyclic) bond motifs is 5. The van der Waals surface area contributed by atoms with Gasteiger partial charge in [-0.25, -0.2) is 4.98 Å². The van der Waals surface area contributed by atoms with Gasteiger partial charge in [0.15, 0.2) is 0 Å². The Kier molecular flexibility index (Phi) is 4.55. The zero-order valence-electron chi connectivity index (χ0n) is 17.6. The van der Waals surface area contributed by atoms with Gasteiger partial charge in [-0.3, -0.25) is 9.69 Å². The van der Waals surface area contributed by atoms with Gasteiger partial charge in [-0.15, -0.1) is 0 Å². The highest BCUT2D eigenvalue weighted by Gasteiger charge is 2.39. The molecule has 3 unspecified atom stereocenters. The molecule has 0 spiro atoms. The van der Waals surface area contributed by atoms with Gasteiger partial charge < -0.3 is 14.4 Å². The largest absolute Gasteiger partial charge is 0.497 e. The number of nitrogens with zero attached hydrogens (tertiary/aromatic N) is 5. The molecule has 0 saturated carbocycles. The standard InChI is InChI=1S/C23H23N5O3S/c1-31-17-7-5-15(6-8-17)20(21-22(30)28-23(32-21)24-13-25-28)26-10-14-9-16(12-26)18-3-2-4-19(29)27(18)11-14/h2-8,13-14,16,20,30H,9-12H2,1H3. The first-order valence-corrected chi connectivity index (χ1v) is 11.5. The lowest BCUT2D eigenvalue weighted by Crippen LogP contribution is -2.48. The third-order valence-corrected chi connectivity index (χ3v) is 7.78. The lowest BCUT2D eigenvalue weighted by Gasteiger charge is -2.45. The van der Waals surface area contributed by atoms with E-state index in [4.69, 9.17) is 4.74 Å². The minimum absolute atomic E-state index is 0.0838. The lowest BCUT2D eigenvalue weighted by molar-refractivity contribution is 0.0952. The summed E-state index contributed by atoms with van der Waals surface area (Å²) in [6.45, 7) is 2.39. The summed E-state index contributed by atoms with van der Waals surface area (Å²) in [6, 6.07) is 13.5. The van der Waals surface area contributed by atoms with Crippen LogP contribution in [0.4, 0.5) is 0 Å². The molecule has 3 atom stereocenters. The van der Waals surface area contributed by atoms with Crippen LogP contribution in [0.2, 0.25) is 0 Å². The van der Waals surface area contributed by atoms with E-state index < -0.39 is 0 Å². The molecule has 0 aliphatic carbocycles. The Morgan fingerprint density at radius 3 is 2.78 bits per heavy atom. The molecule has 5 heterocycles. The second-order valence-corrected chi connectivity index (χ2v) is 9.58. The van der Waals surface area contributed by atoms with Crippen molar-refractivity contribution in [2.24, 2.45) is 5.92 Å². The van der Waals surface area contributed by atoms with Gasteiger partial charge in [0, 0.05) is 37.3 Å². The van der Waals surface area contributed by atoms with Crippen molar-refractivity contribution in [2.75, 3.05) is 20.2 Å². The van der Waals surface area contributed by atoms with Crippen LogP contribution < -0.4 is 10.3 Å². The van der Waals surface area contributed by atoms with Gasteiger partial charge in [0.25, 0.3) is 5.56 Å². The van der Waals surface area contributed by atoms with Crippen molar-refractivity contribution < 1.29 is 9.84 Å². The number of hydrogen-bond acceptors (Lipinski definition) is 7. The van der Waals surface area contributed by atoms with Gasteiger partial charge in [-0.1, -0.05) is 29.5 Å². The van der Waals surface area contributed by atoms with E-state index in [1.807, 2.05) is 22.8 Å². The molecule has 32 heavy (non-hydrogen) atoms. The van der Waals surface area contributed by atoms with Crippen LogP contribution in [0.3, 0.4) is 0 Å². The molecule has 0 radical (unpaired) electrons. The van der Waals surface area contributed by atoms with E-state index in [-0.39, 0.29) is 23.4 Å². The van der Waals surface area contributed by atoms with Crippen LogP contribution in [-0.2, 0) is 6.54 Å². The molecule has 6 rings (SSSR count). The number of benzene rings is 1. The van der Waals surface area contributed by atoms with Crippen LogP contribution in [0.1, 0.15) is 34.5 Å². The first kappa shape index (κ1) is 19.5. The Hall–Kier alpha value is -3.17. The molecule has 4 aromatic rings. The molecule has 1 fully saturated rings. The summed E-state index contributed by atoms with van der Waals surface area (Å²) in [5.74, 6) is 1.59. The van der Waals surface area contributed by atoms with Gasteiger partial charge in [0.1, 0.15) is 12.1 Å². The van der Waals surface area contributed by atoms with E-state index in [2.05, 4.69) is 33.2 Å². The molecular formula is C23H23N5O3S. The van der Waals surface area contributed by atoms with Gasteiger partial charge in [-0.2, -0.15) is 9.61 Å². The van der Waals surface area contributed by atoms with Gasteiger partial charge >= 0.3 is 0 Å². The van der Waals surface area contributed by atoms with E-state index in [0.29, 0.717) is 10.9 Å². The first-order valence-electron chi connectivity index (χ1n) is 10.7. The topological polar surface area (TPSA) is 84.9 Å². The number of likely N-dealkylation sites (tertiary alicyclic amines) is 1. The maximum Gasteiger partial charge on any atom is 0.250 e. The number of hydrogen-bond donors (Lipinski definition) is 1. The third-order valence-electron chi connectivity index (χ3n) is 6.69. The number of aromatic nitrogens is 4. The molecule has 1 aromatic carbocycles. The predicted octanol–water partition coefficient (Wildman–Crippen LogP) is 2.88. The third kappa shape index (κ3) is 3.03. The molecule has 1 saturated heterocycles. The molecule has 2 aliphatic heterocycles. The van der Waals surface area contributed by atoms with Crippen molar-refractivity contribution in [3.8, 4) is 11.6 Å². The average molecular weight is 450 g/mol. The highest BCUT2D eigenvalue weighted by molar-refractivity contribution is 7.17. The fourth-order valence-corrected chi connectivity index (χ4v) is 6.42. The van der Waals surface area contributed by atoms with Crippen LogP contribution in [0.15, 0.2) is 53.6 Å². The molecule has 2 bridgehead atoms. The van der Waals surface area contributed by atoms with Gasteiger partial charge in [0.2, 0.25) is 10.8 Å². The summed E-state index contributed by atoms with van der Waals surface area (Å²) in [4.78, 5) is 20.6. The molecule has 164 valence electrons. The Bertz CT molecular complexity index is 1340. The lowest BCUT2D eigenvalue weighted by atomic mass is 9.82. The minimum Gasteiger partial charge on any atom is -0.497 e. The molecule has 2 aliphatic rings. The van der Waals surface area contributed by atoms with Crippen molar-refractivity contribution >= 4 is 16.3 Å². The number of ether oxygens (including phenoxy) is 1. The van der Waals surface area contributed by atoms with Crippen LogP contribution >= 0.6 is 11.3 Å². The van der Waals surface area contributed by atoms with E-state index >= 15 is 0 Å². The maximum atomic E-state index is 12.4. The van der Waals surface area contributed by atoms with Gasteiger partial charge in [-0.05, 0) is 36.1 Å². The molecule has 1 N–H and O–H groups in total. The fourth-order valence-electron chi connectivity index (χ4n) is 5.33. The van der Waals surface area contributed by atoms with Crippen LogP contribution in [0, 0.1) is 5.92 Å². The van der Waals surface area contributed by atoms with E-state index in [0.717, 1.165) is 47.9 Å². The zero-order valence-corrected chi connectivity index (χ0v) is 18.4. The quantitative estimate of drug-likeness (QED) is 0.516. The smallest absolute Gasteiger partial charge is 0.250 e. The van der Waals surface area contributed by atoms with Crippen molar-refractivity contribution in [3.63, 3.8) is 0 Å². The molecule has 9 heteroatoms. The highest BCUT2D eigenvalue weighted by Crippen LogP contribution is 2.44. The number of pyridine rings is 1. The number of thiazole rings is 1. The summed E-state index contributed by atoms with van der Waals surface area (Å²) < 4.78 is 8.79. The number of piperidine rings is 1. The number of aromatic hydroxyl groups is 1.